The summed E-state index contributed by atoms with van der Waals surface area (Å²) in [7, 11) is 1.31. The molecule has 2 N–H and O–H groups in total. The Bertz CT molecular complexity index is 1480. The second kappa shape index (κ2) is 18.4. The van der Waals surface area contributed by atoms with E-state index in [2.05, 4.69) is 17.6 Å². The van der Waals surface area contributed by atoms with E-state index in [1.807, 2.05) is 54.6 Å². The standard InChI is InChI=1S/C37H46N4O4/c1-3-4-5-6-7-8-9-10-11-17-26-38-34-36(41-32-21-16-15-20-31(32)39-34)45-30-24-22-29(23-25-30)35(42)40-33(37(43)44-2)27-28-18-13-12-14-19-28/h12-16,18-25,33H,3-11,17,26-27H2,1-2H3,(H,38,39)(H,40,42)/t33-/m0/s1. The maximum atomic E-state index is 13.0. The average Bonchev–Trinajstić information content (AvgIpc) is 3.07. The van der Waals surface area contributed by atoms with Crippen LogP contribution in [0.25, 0.3) is 11.0 Å². The van der Waals surface area contributed by atoms with E-state index in [1.54, 1.807) is 24.3 Å². The first-order chi connectivity index (χ1) is 22.1. The Morgan fingerprint density at radius 3 is 1.98 bits per heavy atom. The normalized spacial score (nSPS) is 11.6. The van der Waals surface area contributed by atoms with Crippen molar-refractivity contribution < 1.29 is 19.1 Å². The van der Waals surface area contributed by atoms with E-state index in [0.717, 1.165) is 29.6 Å². The summed E-state index contributed by atoms with van der Waals surface area (Å²) >= 11 is 0. The molecule has 8 nitrogen and oxygen atoms in total. The number of benzene rings is 3. The molecular weight excluding hydrogens is 564 g/mol. The highest BCUT2D eigenvalue weighted by Gasteiger charge is 2.23. The second-order valence-electron chi connectivity index (χ2n) is 11.3. The van der Waals surface area contributed by atoms with Crippen molar-refractivity contribution in [2.45, 2.75) is 83.6 Å². The van der Waals surface area contributed by atoms with Crippen LogP contribution in [0.1, 0.15) is 87.1 Å². The highest BCUT2D eigenvalue weighted by atomic mass is 16.5. The van der Waals surface area contributed by atoms with Crippen LogP contribution < -0.4 is 15.4 Å². The minimum absolute atomic E-state index is 0.329. The van der Waals surface area contributed by atoms with Crippen LogP contribution in [0.4, 0.5) is 5.82 Å². The van der Waals surface area contributed by atoms with Gasteiger partial charge in [-0.15, -0.1) is 0 Å². The van der Waals surface area contributed by atoms with Gasteiger partial charge in [-0.2, -0.15) is 0 Å². The molecule has 0 spiro atoms. The lowest BCUT2D eigenvalue weighted by Gasteiger charge is -2.17. The van der Waals surface area contributed by atoms with Gasteiger partial charge in [0, 0.05) is 18.5 Å². The highest BCUT2D eigenvalue weighted by molar-refractivity contribution is 5.97. The summed E-state index contributed by atoms with van der Waals surface area (Å²) in [5, 5.41) is 6.23. The van der Waals surface area contributed by atoms with Crippen LogP contribution in [0.5, 0.6) is 11.6 Å². The van der Waals surface area contributed by atoms with Gasteiger partial charge in [-0.25, -0.2) is 14.8 Å². The van der Waals surface area contributed by atoms with Crippen LogP contribution in [0, 0.1) is 0 Å². The van der Waals surface area contributed by atoms with Crippen molar-refractivity contribution >= 4 is 28.7 Å². The molecule has 0 aliphatic carbocycles. The molecule has 45 heavy (non-hydrogen) atoms. The fourth-order valence-corrected chi connectivity index (χ4v) is 5.20. The maximum absolute atomic E-state index is 13.0. The van der Waals surface area contributed by atoms with Crippen LogP contribution in [-0.4, -0.2) is 41.5 Å². The first-order valence-corrected chi connectivity index (χ1v) is 16.3. The van der Waals surface area contributed by atoms with Gasteiger partial charge in [0.2, 0.25) is 0 Å². The van der Waals surface area contributed by atoms with Crippen LogP contribution in [0.2, 0.25) is 0 Å². The molecule has 0 fully saturated rings. The van der Waals surface area contributed by atoms with Gasteiger partial charge in [-0.05, 0) is 48.4 Å². The number of nitrogens with one attached hydrogen (secondary N) is 2. The molecule has 4 rings (SSSR count). The smallest absolute Gasteiger partial charge is 0.328 e. The molecule has 4 aromatic rings. The molecule has 0 bridgehead atoms. The van der Waals surface area contributed by atoms with Crippen molar-refractivity contribution in [3.05, 3.63) is 90.0 Å². The Hall–Kier alpha value is -4.46. The zero-order chi connectivity index (χ0) is 31.7. The summed E-state index contributed by atoms with van der Waals surface area (Å²) in [6.07, 6.45) is 13.1. The number of carbonyl (C=O) groups excluding carboxylic acids is 2. The summed E-state index contributed by atoms with van der Waals surface area (Å²) in [6, 6.07) is 23.1. The lowest BCUT2D eigenvalue weighted by Crippen LogP contribution is -2.43. The molecule has 1 heterocycles. The Labute approximate surface area is 267 Å². The number of ether oxygens (including phenoxy) is 2. The molecule has 238 valence electrons. The summed E-state index contributed by atoms with van der Waals surface area (Å²) in [4.78, 5) is 34.9. The average molecular weight is 611 g/mol. The fourth-order valence-electron chi connectivity index (χ4n) is 5.20. The number of anilines is 1. The lowest BCUT2D eigenvalue weighted by molar-refractivity contribution is -0.142. The second-order valence-corrected chi connectivity index (χ2v) is 11.3. The highest BCUT2D eigenvalue weighted by Crippen LogP contribution is 2.29. The van der Waals surface area contributed by atoms with Crippen molar-refractivity contribution in [2.75, 3.05) is 19.0 Å². The van der Waals surface area contributed by atoms with Gasteiger partial charge in [-0.3, -0.25) is 4.79 Å². The number of esters is 1. The third-order valence-corrected chi connectivity index (χ3v) is 7.77. The van der Waals surface area contributed by atoms with Gasteiger partial charge >= 0.3 is 5.97 Å². The topological polar surface area (TPSA) is 102 Å². The molecule has 1 amide bonds. The molecular formula is C37H46N4O4. The number of unbranched alkanes of at least 4 members (excludes halogenated alkanes) is 9. The number of fused-ring (bicyclic) bond motifs is 1. The first kappa shape index (κ1) is 33.4. The Morgan fingerprint density at radius 1 is 0.733 bits per heavy atom. The molecule has 3 aromatic carbocycles. The Kier molecular flexibility index (Phi) is 13.6. The van der Waals surface area contributed by atoms with E-state index in [4.69, 9.17) is 19.4 Å². The molecule has 1 atom stereocenters. The first-order valence-electron chi connectivity index (χ1n) is 16.3. The number of nitrogens with zero attached hydrogens (tertiary/aromatic N) is 2. The number of carbonyl (C=O) groups is 2. The molecule has 0 saturated heterocycles. The molecule has 0 radical (unpaired) electrons. The van der Waals surface area contributed by atoms with Gasteiger partial charge in [0.1, 0.15) is 11.8 Å². The lowest BCUT2D eigenvalue weighted by atomic mass is 10.1. The van der Waals surface area contributed by atoms with E-state index in [0.29, 0.717) is 29.4 Å². The zero-order valence-corrected chi connectivity index (χ0v) is 26.6. The van der Waals surface area contributed by atoms with Crippen LogP contribution in [0.3, 0.4) is 0 Å². The third-order valence-electron chi connectivity index (χ3n) is 7.77. The molecule has 1 aromatic heterocycles. The van der Waals surface area contributed by atoms with E-state index in [1.165, 1.54) is 64.9 Å². The van der Waals surface area contributed by atoms with Crippen molar-refractivity contribution in [3.63, 3.8) is 0 Å². The Morgan fingerprint density at radius 2 is 1.33 bits per heavy atom. The van der Waals surface area contributed by atoms with E-state index in [9.17, 15) is 9.59 Å². The number of hydrogen-bond donors (Lipinski definition) is 2. The zero-order valence-electron chi connectivity index (χ0n) is 26.6. The molecule has 0 unspecified atom stereocenters. The van der Waals surface area contributed by atoms with Crippen molar-refractivity contribution in [2.24, 2.45) is 0 Å². The van der Waals surface area contributed by atoms with Gasteiger partial charge in [0.05, 0.1) is 18.1 Å². The number of methoxy groups -OCH3 is 1. The summed E-state index contributed by atoms with van der Waals surface area (Å²) in [5.41, 5.74) is 2.84. The predicted molar refractivity (Wildman–Crippen MR) is 180 cm³/mol. The minimum Gasteiger partial charge on any atom is -0.467 e. The monoisotopic (exact) mass is 610 g/mol. The summed E-state index contributed by atoms with van der Waals surface area (Å²) < 4.78 is 11.1. The number of para-hydroxylation sites is 2. The maximum Gasteiger partial charge on any atom is 0.328 e. The fraction of sp³-hybridized carbons (Fsp3) is 0.405. The van der Waals surface area contributed by atoms with Crippen LogP contribution >= 0.6 is 0 Å². The van der Waals surface area contributed by atoms with Crippen molar-refractivity contribution in [1.82, 2.24) is 15.3 Å². The van der Waals surface area contributed by atoms with Crippen LogP contribution in [-0.2, 0) is 16.0 Å². The Balaban J connectivity index is 1.33. The van der Waals surface area contributed by atoms with Crippen molar-refractivity contribution in [1.29, 1.82) is 0 Å². The number of aromatic nitrogens is 2. The largest absolute Gasteiger partial charge is 0.467 e. The quantitative estimate of drug-likeness (QED) is 0.0814. The van der Waals surface area contributed by atoms with Gasteiger partial charge in [0.15, 0.2) is 5.82 Å². The SMILES string of the molecule is CCCCCCCCCCCCNc1nc2ccccc2nc1Oc1ccc(C(=O)N[C@@H](Cc2ccccc2)C(=O)OC)cc1. The molecule has 0 aliphatic rings. The minimum atomic E-state index is -0.808. The van der Waals surface area contributed by atoms with Gasteiger partial charge in [-0.1, -0.05) is 107 Å². The van der Waals surface area contributed by atoms with E-state index >= 15 is 0 Å². The third kappa shape index (κ3) is 10.9. The van der Waals surface area contributed by atoms with Crippen molar-refractivity contribution in [3.8, 4) is 11.6 Å². The molecule has 8 heteroatoms. The number of rotatable bonds is 19. The van der Waals surface area contributed by atoms with E-state index < -0.39 is 12.0 Å². The number of hydrogen-bond acceptors (Lipinski definition) is 7. The molecule has 0 saturated carbocycles. The predicted octanol–water partition coefficient (Wildman–Crippen LogP) is 8.27. The summed E-state index contributed by atoms with van der Waals surface area (Å²) in [6.45, 7) is 3.04. The van der Waals surface area contributed by atoms with Gasteiger partial charge < -0.3 is 20.1 Å². The molecule has 0 aliphatic heterocycles. The van der Waals surface area contributed by atoms with Gasteiger partial charge in [0.25, 0.3) is 11.8 Å². The number of amides is 1. The van der Waals surface area contributed by atoms with E-state index in [-0.39, 0.29) is 5.91 Å². The van der Waals surface area contributed by atoms with Crippen LogP contribution in [0.15, 0.2) is 78.9 Å². The summed E-state index contributed by atoms with van der Waals surface area (Å²) in [5.74, 6) is 0.615.